The molecule has 0 aliphatic carbocycles. The first-order valence-corrected chi connectivity index (χ1v) is 13.5. The van der Waals surface area contributed by atoms with Gasteiger partial charge in [-0.15, -0.1) is 0 Å². The van der Waals surface area contributed by atoms with Crippen LogP contribution in [0.3, 0.4) is 0 Å². The maximum absolute atomic E-state index is 13.5. The maximum atomic E-state index is 13.5. The number of nitrogens with one attached hydrogen (secondary N) is 4. The van der Waals surface area contributed by atoms with Gasteiger partial charge in [-0.3, -0.25) is 19.2 Å². The van der Waals surface area contributed by atoms with Crippen LogP contribution in [0.4, 0.5) is 4.79 Å². The number of carbonyl (C=O) groups is 5. The molecule has 13 nitrogen and oxygen atoms in total. The van der Waals surface area contributed by atoms with E-state index in [4.69, 9.17) is 14.2 Å². The van der Waals surface area contributed by atoms with Crippen molar-refractivity contribution in [3.05, 3.63) is 30.0 Å². The predicted octanol–water partition coefficient (Wildman–Crippen LogP) is 2.05. The van der Waals surface area contributed by atoms with Gasteiger partial charge in [0.1, 0.15) is 24.1 Å². The number of hydrogen-bond donors (Lipinski definition) is 4. The number of fused-ring (bicyclic) bond motifs is 1. The lowest BCUT2D eigenvalue weighted by atomic mass is 9.95. The van der Waals surface area contributed by atoms with Crippen LogP contribution in [-0.2, 0) is 28.6 Å². The Bertz CT molecular complexity index is 1260. The highest BCUT2D eigenvalue weighted by Gasteiger charge is 2.33. The second-order valence-electron chi connectivity index (χ2n) is 10.3. The Kier molecular flexibility index (Phi) is 11.1. The van der Waals surface area contributed by atoms with Crippen LogP contribution < -0.4 is 20.7 Å². The molecule has 3 amide bonds. The number of H-pyrrole nitrogens is 1. The molecule has 2 heterocycles. The molecule has 1 saturated heterocycles. The molecule has 3 unspecified atom stereocenters. The quantitative estimate of drug-likeness (QED) is 0.194. The van der Waals surface area contributed by atoms with Crippen molar-refractivity contribution in [1.82, 2.24) is 20.9 Å². The summed E-state index contributed by atoms with van der Waals surface area (Å²) >= 11 is 0. The molecule has 0 radical (unpaired) electrons. The van der Waals surface area contributed by atoms with Crippen LogP contribution in [0.25, 0.3) is 10.9 Å². The summed E-state index contributed by atoms with van der Waals surface area (Å²) in [5.74, 6) is -1.65. The van der Waals surface area contributed by atoms with Crippen LogP contribution in [0.15, 0.2) is 24.3 Å². The van der Waals surface area contributed by atoms with E-state index in [2.05, 4.69) is 25.7 Å². The fourth-order valence-electron chi connectivity index (χ4n) is 4.58. The van der Waals surface area contributed by atoms with Crippen molar-refractivity contribution in [1.29, 1.82) is 0 Å². The number of rotatable bonds is 14. The Hall–Kier alpha value is -4.13. The number of benzene rings is 1. The van der Waals surface area contributed by atoms with Crippen molar-refractivity contribution in [2.75, 3.05) is 27.4 Å². The average Bonchev–Trinajstić information content (AvgIpc) is 3.56. The van der Waals surface area contributed by atoms with Crippen molar-refractivity contribution < 1.29 is 42.9 Å². The zero-order valence-electron chi connectivity index (χ0n) is 23.9. The van der Waals surface area contributed by atoms with Gasteiger partial charge in [0.25, 0.3) is 5.91 Å². The van der Waals surface area contributed by atoms with Gasteiger partial charge in [0.2, 0.25) is 18.1 Å². The molecule has 1 aromatic heterocycles. The Morgan fingerprint density at radius 1 is 1.07 bits per heavy atom. The van der Waals surface area contributed by atoms with Crippen molar-refractivity contribution in [3.63, 3.8) is 0 Å². The van der Waals surface area contributed by atoms with Gasteiger partial charge in [-0.05, 0) is 50.3 Å². The Balaban J connectivity index is 1.74. The molecule has 1 aliphatic heterocycles. The molecule has 0 saturated carbocycles. The van der Waals surface area contributed by atoms with Gasteiger partial charge in [0.05, 0.1) is 20.3 Å². The number of hydrogen-bond acceptors (Lipinski definition) is 9. The van der Waals surface area contributed by atoms with Crippen molar-refractivity contribution >= 4 is 40.6 Å². The highest BCUT2D eigenvalue weighted by molar-refractivity contribution is 6.02. The predicted molar refractivity (Wildman–Crippen MR) is 147 cm³/mol. The Labute approximate surface area is 238 Å². The molecule has 4 N–H and O–H groups in total. The molecule has 41 heavy (non-hydrogen) atoms. The van der Waals surface area contributed by atoms with Gasteiger partial charge < -0.3 is 39.9 Å². The topological polar surface area (TPSA) is 174 Å². The highest BCUT2D eigenvalue weighted by atomic mass is 16.8. The normalized spacial score (nSPS) is 16.9. The molecular weight excluding hydrogens is 536 g/mol. The first kappa shape index (κ1) is 31.4. The zero-order valence-corrected chi connectivity index (χ0v) is 23.9. The first-order chi connectivity index (χ1) is 19.5. The van der Waals surface area contributed by atoms with Gasteiger partial charge in [-0.2, -0.15) is 0 Å². The third kappa shape index (κ3) is 8.68. The lowest BCUT2D eigenvalue weighted by molar-refractivity contribution is -0.144. The molecule has 1 fully saturated rings. The van der Waals surface area contributed by atoms with E-state index in [0.717, 1.165) is 12.5 Å². The minimum absolute atomic E-state index is 0.0308. The second kappa shape index (κ2) is 14.5. The van der Waals surface area contributed by atoms with E-state index in [0.29, 0.717) is 30.7 Å². The number of Topliss-reactive ketones (excluding diaryl/α,β-unsaturated/α-hetero) is 1. The summed E-state index contributed by atoms with van der Waals surface area (Å²) in [4.78, 5) is 66.4. The van der Waals surface area contributed by atoms with Crippen molar-refractivity contribution in [2.45, 2.75) is 58.4 Å². The lowest BCUT2D eigenvalue weighted by Gasteiger charge is -2.25. The van der Waals surface area contributed by atoms with Crippen molar-refractivity contribution in [2.24, 2.45) is 11.8 Å². The van der Waals surface area contributed by atoms with Crippen LogP contribution in [0, 0.1) is 11.8 Å². The van der Waals surface area contributed by atoms with Crippen LogP contribution in [-0.4, -0.2) is 80.4 Å². The monoisotopic (exact) mass is 574 g/mol. The van der Waals surface area contributed by atoms with Crippen LogP contribution in [0.1, 0.15) is 50.5 Å². The zero-order chi connectivity index (χ0) is 30.1. The number of carbonyl (C=O) groups excluding carboxylic acids is 5. The van der Waals surface area contributed by atoms with Gasteiger partial charge >= 0.3 is 6.16 Å². The summed E-state index contributed by atoms with van der Waals surface area (Å²) < 4.78 is 19.9. The second-order valence-corrected chi connectivity index (χ2v) is 10.3. The van der Waals surface area contributed by atoms with E-state index < -0.39 is 54.7 Å². The average molecular weight is 575 g/mol. The molecule has 1 aliphatic rings. The summed E-state index contributed by atoms with van der Waals surface area (Å²) in [5.41, 5.74) is 0.944. The number of amides is 3. The fourth-order valence-corrected chi connectivity index (χ4v) is 4.58. The standard InChI is InChI=1S/C28H38N4O9/c1-15(2)11-21(32-27(36)22-13-18-19(30-22)7-6-8-24(18)38-4)26(35)31-20(12-17-9-10-29-25(17)34)23(33)14-40-16(3)41-28(37)39-5/h6-8,13,15-17,20-21,30H,9-12,14H2,1-5H3,(H,29,34)(H,31,35)(H,32,36)/t16?,17-,20?,21?/m0/s1. The fraction of sp³-hybridized carbons (Fsp3) is 0.536. The van der Waals surface area contributed by atoms with E-state index >= 15 is 0 Å². The SMILES string of the molecule is COC(=O)OC(C)OCC(=O)C(C[C@@H]1CCNC1=O)NC(=O)C(CC(C)C)NC(=O)c1cc2c(OC)cccc2[nH]1. The number of ether oxygens (including phenoxy) is 4. The Morgan fingerprint density at radius 3 is 2.46 bits per heavy atom. The number of aromatic nitrogens is 1. The van der Waals surface area contributed by atoms with E-state index in [1.54, 1.807) is 18.2 Å². The first-order valence-electron chi connectivity index (χ1n) is 13.5. The summed E-state index contributed by atoms with van der Waals surface area (Å²) in [6.07, 6.45) is -1.20. The van der Waals surface area contributed by atoms with E-state index in [1.165, 1.54) is 14.0 Å². The largest absolute Gasteiger partial charge is 0.510 e. The minimum atomic E-state index is -1.08. The smallest absolute Gasteiger partial charge is 0.496 e. The molecule has 224 valence electrons. The summed E-state index contributed by atoms with van der Waals surface area (Å²) in [6, 6.07) is 4.98. The third-order valence-electron chi connectivity index (χ3n) is 6.69. The molecule has 1 aromatic carbocycles. The molecule has 4 atom stereocenters. The summed E-state index contributed by atoms with van der Waals surface area (Å²) in [7, 11) is 2.68. The third-order valence-corrected chi connectivity index (χ3v) is 6.69. The molecule has 0 bridgehead atoms. The molecule has 13 heteroatoms. The van der Waals surface area contributed by atoms with Crippen LogP contribution in [0.2, 0.25) is 0 Å². The van der Waals surface area contributed by atoms with Crippen molar-refractivity contribution in [3.8, 4) is 5.75 Å². The Morgan fingerprint density at radius 2 is 1.83 bits per heavy atom. The molecular formula is C28H38N4O9. The maximum Gasteiger partial charge on any atom is 0.510 e. The number of methoxy groups -OCH3 is 2. The highest BCUT2D eigenvalue weighted by Crippen LogP contribution is 2.26. The molecule has 3 rings (SSSR count). The van der Waals surface area contributed by atoms with Crippen LogP contribution >= 0.6 is 0 Å². The minimum Gasteiger partial charge on any atom is -0.496 e. The lowest BCUT2D eigenvalue weighted by Crippen LogP contribution is -2.53. The molecule has 2 aromatic rings. The van der Waals surface area contributed by atoms with Crippen LogP contribution in [0.5, 0.6) is 5.75 Å². The molecule has 0 spiro atoms. The van der Waals surface area contributed by atoms with Gasteiger partial charge in [0, 0.05) is 23.4 Å². The summed E-state index contributed by atoms with van der Waals surface area (Å²) in [5, 5.41) is 8.93. The van der Waals surface area contributed by atoms with E-state index in [9.17, 15) is 24.0 Å². The number of aromatic amines is 1. The van der Waals surface area contributed by atoms with E-state index in [1.807, 2.05) is 19.9 Å². The summed E-state index contributed by atoms with van der Waals surface area (Å²) in [6.45, 7) is 5.20. The van der Waals surface area contributed by atoms with Gasteiger partial charge in [-0.25, -0.2) is 4.79 Å². The van der Waals surface area contributed by atoms with Gasteiger partial charge in [0.15, 0.2) is 5.78 Å². The number of ketones is 1. The van der Waals surface area contributed by atoms with Gasteiger partial charge in [-0.1, -0.05) is 19.9 Å². The van der Waals surface area contributed by atoms with E-state index in [-0.39, 0.29) is 23.9 Å².